The van der Waals surface area contributed by atoms with Crippen molar-refractivity contribution < 1.29 is 9.53 Å². The molecule has 88 valence electrons. The van der Waals surface area contributed by atoms with Gasteiger partial charge in [-0.05, 0) is 25.7 Å². The van der Waals surface area contributed by atoms with Crippen LogP contribution in [-0.4, -0.2) is 36.2 Å². The number of hydrogen-bond donors (Lipinski definition) is 1. The SMILES string of the molecule is CC(C)COC(=O)N1CCC(N)CC1C. The summed E-state index contributed by atoms with van der Waals surface area (Å²) in [6.07, 6.45) is 1.56. The van der Waals surface area contributed by atoms with E-state index in [9.17, 15) is 4.79 Å². The van der Waals surface area contributed by atoms with E-state index in [0.29, 0.717) is 12.5 Å². The van der Waals surface area contributed by atoms with Crippen LogP contribution in [0.3, 0.4) is 0 Å². The minimum atomic E-state index is -0.192. The molecule has 0 saturated carbocycles. The molecule has 0 aromatic rings. The molecule has 0 radical (unpaired) electrons. The molecule has 15 heavy (non-hydrogen) atoms. The summed E-state index contributed by atoms with van der Waals surface area (Å²) in [5.74, 6) is 0.385. The van der Waals surface area contributed by atoms with E-state index in [1.54, 1.807) is 4.90 Å². The van der Waals surface area contributed by atoms with Gasteiger partial charge in [0, 0.05) is 18.6 Å². The maximum Gasteiger partial charge on any atom is 0.410 e. The first kappa shape index (κ1) is 12.3. The summed E-state index contributed by atoms with van der Waals surface area (Å²) in [4.78, 5) is 13.5. The highest BCUT2D eigenvalue weighted by molar-refractivity contribution is 5.68. The lowest BCUT2D eigenvalue weighted by Gasteiger charge is -2.35. The van der Waals surface area contributed by atoms with Crippen molar-refractivity contribution in [3.63, 3.8) is 0 Å². The Morgan fingerprint density at radius 3 is 2.80 bits per heavy atom. The standard InChI is InChI=1S/C11H22N2O2/c1-8(2)7-15-11(14)13-5-4-10(12)6-9(13)3/h8-10H,4-7,12H2,1-3H3. The smallest absolute Gasteiger partial charge is 0.410 e. The quantitative estimate of drug-likeness (QED) is 0.759. The van der Waals surface area contributed by atoms with Crippen LogP contribution < -0.4 is 5.73 Å². The van der Waals surface area contributed by atoms with Gasteiger partial charge in [0.2, 0.25) is 0 Å². The van der Waals surface area contributed by atoms with Gasteiger partial charge in [0.15, 0.2) is 0 Å². The van der Waals surface area contributed by atoms with E-state index in [4.69, 9.17) is 10.5 Å². The molecule has 0 spiro atoms. The summed E-state index contributed by atoms with van der Waals surface area (Å²) < 4.78 is 5.19. The molecule has 2 N–H and O–H groups in total. The molecular weight excluding hydrogens is 192 g/mol. The lowest BCUT2D eigenvalue weighted by molar-refractivity contribution is 0.0664. The van der Waals surface area contributed by atoms with Crippen LogP contribution in [0.4, 0.5) is 4.79 Å². The summed E-state index contributed by atoms with van der Waals surface area (Å²) >= 11 is 0. The van der Waals surface area contributed by atoms with E-state index >= 15 is 0 Å². The van der Waals surface area contributed by atoms with E-state index in [-0.39, 0.29) is 18.2 Å². The number of rotatable bonds is 2. The van der Waals surface area contributed by atoms with Gasteiger partial charge in [0.1, 0.15) is 0 Å². The zero-order valence-corrected chi connectivity index (χ0v) is 9.90. The van der Waals surface area contributed by atoms with E-state index < -0.39 is 0 Å². The Labute approximate surface area is 91.8 Å². The number of amides is 1. The molecule has 0 aliphatic carbocycles. The van der Waals surface area contributed by atoms with Crippen LogP contribution >= 0.6 is 0 Å². The zero-order chi connectivity index (χ0) is 11.4. The normalized spacial score (nSPS) is 26.9. The minimum absolute atomic E-state index is 0.192. The van der Waals surface area contributed by atoms with Crippen LogP contribution in [-0.2, 0) is 4.74 Å². The van der Waals surface area contributed by atoms with Crippen LogP contribution in [0.2, 0.25) is 0 Å². The average Bonchev–Trinajstić information content (AvgIpc) is 2.14. The van der Waals surface area contributed by atoms with Crippen molar-refractivity contribution in [2.75, 3.05) is 13.2 Å². The number of nitrogens with zero attached hydrogens (tertiary/aromatic N) is 1. The van der Waals surface area contributed by atoms with Crippen molar-refractivity contribution in [3.8, 4) is 0 Å². The van der Waals surface area contributed by atoms with Crippen LogP contribution in [0.5, 0.6) is 0 Å². The molecule has 4 nitrogen and oxygen atoms in total. The number of ether oxygens (including phenoxy) is 1. The maximum atomic E-state index is 11.7. The van der Waals surface area contributed by atoms with Gasteiger partial charge in [0.05, 0.1) is 6.61 Å². The minimum Gasteiger partial charge on any atom is -0.449 e. The molecule has 1 heterocycles. The summed E-state index contributed by atoms with van der Waals surface area (Å²) in [6.45, 7) is 7.30. The molecule has 0 aromatic carbocycles. The molecule has 0 aromatic heterocycles. The van der Waals surface area contributed by atoms with Gasteiger partial charge in [-0.2, -0.15) is 0 Å². The van der Waals surface area contributed by atoms with Crippen molar-refractivity contribution in [1.82, 2.24) is 4.90 Å². The fourth-order valence-electron chi connectivity index (χ4n) is 1.80. The van der Waals surface area contributed by atoms with Gasteiger partial charge in [0.25, 0.3) is 0 Å². The summed E-state index contributed by atoms with van der Waals surface area (Å²) in [5, 5.41) is 0. The molecule has 4 heteroatoms. The van der Waals surface area contributed by atoms with E-state index in [1.165, 1.54) is 0 Å². The van der Waals surface area contributed by atoms with E-state index in [0.717, 1.165) is 19.4 Å². The van der Waals surface area contributed by atoms with Crippen LogP contribution in [0.1, 0.15) is 33.6 Å². The third-order valence-electron chi connectivity index (χ3n) is 2.69. The zero-order valence-electron chi connectivity index (χ0n) is 9.90. The third-order valence-corrected chi connectivity index (χ3v) is 2.69. The fraction of sp³-hybridized carbons (Fsp3) is 0.909. The first-order valence-corrected chi connectivity index (χ1v) is 5.69. The van der Waals surface area contributed by atoms with Crippen molar-refractivity contribution in [3.05, 3.63) is 0 Å². The molecule has 2 unspecified atom stereocenters. The molecule has 1 amide bonds. The van der Waals surface area contributed by atoms with Gasteiger partial charge in [-0.25, -0.2) is 4.79 Å². The second-order valence-corrected chi connectivity index (χ2v) is 4.80. The lowest BCUT2D eigenvalue weighted by Crippen LogP contribution is -2.48. The molecule has 1 rings (SSSR count). The summed E-state index contributed by atoms with van der Waals surface area (Å²) in [7, 11) is 0. The summed E-state index contributed by atoms with van der Waals surface area (Å²) in [6, 6.07) is 0.433. The van der Waals surface area contributed by atoms with Gasteiger partial charge in [-0.3, -0.25) is 0 Å². The van der Waals surface area contributed by atoms with Gasteiger partial charge in [-0.1, -0.05) is 13.8 Å². The lowest BCUT2D eigenvalue weighted by atomic mass is 10.00. The Balaban J connectivity index is 2.38. The van der Waals surface area contributed by atoms with Crippen LogP contribution in [0, 0.1) is 5.92 Å². The third kappa shape index (κ3) is 3.70. The number of nitrogens with two attached hydrogens (primary N) is 1. The predicted molar refractivity (Wildman–Crippen MR) is 59.6 cm³/mol. The molecule has 0 bridgehead atoms. The van der Waals surface area contributed by atoms with Gasteiger partial charge < -0.3 is 15.4 Å². The molecule has 1 saturated heterocycles. The molecule has 1 fully saturated rings. The topological polar surface area (TPSA) is 55.6 Å². The van der Waals surface area contributed by atoms with Crippen molar-refractivity contribution in [2.24, 2.45) is 11.7 Å². The Kier molecular flexibility index (Phi) is 4.39. The molecular formula is C11H22N2O2. The largest absolute Gasteiger partial charge is 0.449 e. The highest BCUT2D eigenvalue weighted by Crippen LogP contribution is 2.16. The van der Waals surface area contributed by atoms with Crippen LogP contribution in [0.25, 0.3) is 0 Å². The van der Waals surface area contributed by atoms with E-state index in [2.05, 4.69) is 0 Å². The highest BCUT2D eigenvalue weighted by Gasteiger charge is 2.27. The molecule has 2 atom stereocenters. The highest BCUT2D eigenvalue weighted by atomic mass is 16.6. The number of carbonyl (C=O) groups is 1. The Hall–Kier alpha value is -0.770. The number of carbonyl (C=O) groups excluding carboxylic acids is 1. The number of likely N-dealkylation sites (tertiary alicyclic amines) is 1. The second-order valence-electron chi connectivity index (χ2n) is 4.80. The number of hydrogen-bond acceptors (Lipinski definition) is 3. The van der Waals surface area contributed by atoms with Crippen LogP contribution in [0.15, 0.2) is 0 Å². The fourth-order valence-corrected chi connectivity index (χ4v) is 1.80. The summed E-state index contributed by atoms with van der Waals surface area (Å²) in [5.41, 5.74) is 5.83. The Bertz CT molecular complexity index is 219. The predicted octanol–water partition coefficient (Wildman–Crippen LogP) is 1.59. The Morgan fingerprint density at radius 2 is 2.27 bits per heavy atom. The van der Waals surface area contributed by atoms with E-state index in [1.807, 2.05) is 20.8 Å². The van der Waals surface area contributed by atoms with Crippen molar-refractivity contribution in [1.29, 1.82) is 0 Å². The maximum absolute atomic E-state index is 11.7. The van der Waals surface area contributed by atoms with Crippen molar-refractivity contribution >= 4 is 6.09 Å². The monoisotopic (exact) mass is 214 g/mol. The Morgan fingerprint density at radius 1 is 1.60 bits per heavy atom. The van der Waals surface area contributed by atoms with Gasteiger partial charge in [-0.15, -0.1) is 0 Å². The molecule has 1 aliphatic heterocycles. The first-order chi connectivity index (χ1) is 7.00. The second kappa shape index (κ2) is 5.35. The first-order valence-electron chi connectivity index (χ1n) is 5.69. The number of piperidine rings is 1. The van der Waals surface area contributed by atoms with Crippen molar-refractivity contribution in [2.45, 2.75) is 45.7 Å². The average molecular weight is 214 g/mol. The molecule has 1 aliphatic rings. The van der Waals surface area contributed by atoms with Gasteiger partial charge >= 0.3 is 6.09 Å².